The third-order valence-corrected chi connectivity index (χ3v) is 1.22. The lowest BCUT2D eigenvalue weighted by atomic mass is 10.5. The van der Waals surface area contributed by atoms with Crippen molar-refractivity contribution in [3.8, 4) is 0 Å². The minimum Gasteiger partial charge on any atom is -0.364 e. The van der Waals surface area contributed by atoms with Crippen LogP contribution in [0.4, 0.5) is 0 Å². The van der Waals surface area contributed by atoms with Crippen LogP contribution in [0, 0.1) is 0 Å². The fraction of sp³-hybridized carbons (Fsp3) is 0.625. The molecule has 0 aromatic rings. The molecule has 0 aromatic carbocycles. The average molecular weight is 173 g/mol. The number of methoxy groups -OCH3 is 1. The van der Waals surface area contributed by atoms with E-state index in [9.17, 15) is 4.79 Å². The highest BCUT2D eigenvalue weighted by molar-refractivity contribution is 5.86. The van der Waals surface area contributed by atoms with Crippen LogP contribution in [0.15, 0.2) is 12.7 Å². The van der Waals surface area contributed by atoms with E-state index >= 15 is 0 Å². The predicted octanol–water partition coefficient (Wildman–Crippen LogP) is 0.599. The van der Waals surface area contributed by atoms with E-state index < -0.39 is 0 Å². The lowest BCUT2D eigenvalue weighted by molar-refractivity contribution is -0.137. The second-order valence-corrected chi connectivity index (χ2v) is 2.12. The van der Waals surface area contributed by atoms with Gasteiger partial charge < -0.3 is 9.47 Å². The first-order valence-corrected chi connectivity index (χ1v) is 3.74. The van der Waals surface area contributed by atoms with E-state index in [4.69, 9.17) is 9.47 Å². The Balaban J connectivity index is 3.84. The second kappa shape index (κ2) is 6.82. The van der Waals surface area contributed by atoms with Gasteiger partial charge in [-0.15, -0.1) is 0 Å². The van der Waals surface area contributed by atoms with Crippen LogP contribution in [0.1, 0.15) is 6.92 Å². The summed E-state index contributed by atoms with van der Waals surface area (Å²) in [5, 5.41) is 0. The minimum atomic E-state index is -0.190. The van der Waals surface area contributed by atoms with Crippen molar-refractivity contribution in [3.63, 3.8) is 0 Å². The van der Waals surface area contributed by atoms with E-state index in [-0.39, 0.29) is 19.4 Å². The Morgan fingerprint density at radius 3 is 2.67 bits per heavy atom. The van der Waals surface area contributed by atoms with Crippen LogP contribution < -0.4 is 0 Å². The Kier molecular flexibility index (Phi) is 6.32. The fourth-order valence-electron chi connectivity index (χ4n) is 0.651. The van der Waals surface area contributed by atoms with Gasteiger partial charge in [-0.05, 0) is 13.0 Å². The molecule has 0 aromatic heterocycles. The van der Waals surface area contributed by atoms with E-state index in [1.807, 2.05) is 6.92 Å². The molecule has 70 valence electrons. The Morgan fingerprint density at radius 2 is 2.25 bits per heavy atom. The summed E-state index contributed by atoms with van der Waals surface area (Å²) in [5.41, 5.74) is 0. The predicted molar refractivity (Wildman–Crippen MR) is 45.4 cm³/mol. The first-order chi connectivity index (χ1) is 5.76. The zero-order valence-corrected chi connectivity index (χ0v) is 7.58. The van der Waals surface area contributed by atoms with Crippen molar-refractivity contribution < 1.29 is 14.3 Å². The number of ether oxygens (including phenoxy) is 2. The molecular formula is C8H15NO3. The van der Waals surface area contributed by atoms with Gasteiger partial charge in [0.15, 0.2) is 0 Å². The van der Waals surface area contributed by atoms with Crippen molar-refractivity contribution in [3.05, 3.63) is 12.7 Å². The molecule has 0 atom stereocenters. The van der Waals surface area contributed by atoms with E-state index in [0.717, 1.165) is 0 Å². The molecule has 0 saturated carbocycles. The summed E-state index contributed by atoms with van der Waals surface area (Å²) in [6, 6.07) is 0. The smallest absolute Gasteiger partial charge is 0.249 e. The number of carbonyl (C=O) groups is 1. The van der Waals surface area contributed by atoms with Crippen LogP contribution in [0.5, 0.6) is 0 Å². The molecule has 0 aliphatic carbocycles. The van der Waals surface area contributed by atoms with Crippen LogP contribution in [0.2, 0.25) is 0 Å². The van der Waals surface area contributed by atoms with E-state index in [1.165, 1.54) is 18.1 Å². The molecule has 0 unspecified atom stereocenters. The van der Waals surface area contributed by atoms with E-state index in [1.54, 1.807) is 0 Å². The molecule has 0 fully saturated rings. The third kappa shape index (κ3) is 4.10. The first-order valence-electron chi connectivity index (χ1n) is 3.74. The number of amides is 1. The van der Waals surface area contributed by atoms with Crippen molar-refractivity contribution in [2.24, 2.45) is 0 Å². The summed E-state index contributed by atoms with van der Waals surface area (Å²) in [5.74, 6) is -0.190. The monoisotopic (exact) mass is 173 g/mol. The van der Waals surface area contributed by atoms with Crippen molar-refractivity contribution in [1.29, 1.82) is 0 Å². The summed E-state index contributed by atoms with van der Waals surface area (Å²) in [7, 11) is 1.52. The molecule has 0 rings (SSSR count). The molecule has 0 spiro atoms. The molecule has 0 aliphatic rings. The normalized spacial score (nSPS) is 9.50. The molecule has 4 nitrogen and oxygen atoms in total. The zero-order valence-electron chi connectivity index (χ0n) is 7.58. The molecule has 0 heterocycles. The van der Waals surface area contributed by atoms with E-state index in [0.29, 0.717) is 6.61 Å². The fourth-order valence-corrected chi connectivity index (χ4v) is 0.651. The Morgan fingerprint density at radius 1 is 1.58 bits per heavy atom. The molecule has 0 N–H and O–H groups in total. The molecule has 0 aliphatic heterocycles. The van der Waals surface area contributed by atoms with E-state index in [2.05, 4.69) is 6.58 Å². The highest BCUT2D eigenvalue weighted by Gasteiger charge is 2.07. The van der Waals surface area contributed by atoms with Crippen molar-refractivity contribution >= 4 is 5.91 Å². The maximum absolute atomic E-state index is 11.1. The number of nitrogens with zero attached hydrogens (tertiary/aromatic N) is 1. The minimum absolute atomic E-state index is 0.190. The van der Waals surface area contributed by atoms with Gasteiger partial charge >= 0.3 is 0 Å². The summed E-state index contributed by atoms with van der Waals surface area (Å²) in [4.78, 5) is 12.5. The second-order valence-electron chi connectivity index (χ2n) is 2.12. The molecule has 0 radical (unpaired) electrons. The maximum Gasteiger partial charge on any atom is 0.249 e. The zero-order chi connectivity index (χ0) is 9.40. The molecule has 1 amide bonds. The molecule has 0 bridgehead atoms. The third-order valence-electron chi connectivity index (χ3n) is 1.22. The lowest BCUT2D eigenvalue weighted by Gasteiger charge is -2.19. The first kappa shape index (κ1) is 11.1. The van der Waals surface area contributed by atoms with Crippen LogP contribution >= 0.6 is 0 Å². The summed E-state index contributed by atoms with van der Waals surface area (Å²) >= 11 is 0. The Labute approximate surface area is 72.8 Å². The molecular weight excluding hydrogens is 158 g/mol. The van der Waals surface area contributed by atoms with Gasteiger partial charge in [0.05, 0.1) is 0 Å². The van der Waals surface area contributed by atoms with Crippen LogP contribution in [-0.2, 0) is 14.3 Å². The number of hydrogen-bond acceptors (Lipinski definition) is 3. The van der Waals surface area contributed by atoms with Crippen LogP contribution in [0.3, 0.4) is 0 Å². The van der Waals surface area contributed by atoms with Gasteiger partial charge in [-0.2, -0.15) is 0 Å². The summed E-state index contributed by atoms with van der Waals surface area (Å²) in [6.45, 7) is 6.28. The summed E-state index contributed by atoms with van der Waals surface area (Å²) < 4.78 is 9.85. The average Bonchev–Trinajstić information content (AvgIpc) is 2.11. The van der Waals surface area contributed by atoms with Gasteiger partial charge in [-0.1, -0.05) is 6.58 Å². The molecule has 0 saturated heterocycles. The Hall–Kier alpha value is -0.870. The number of hydrogen-bond donors (Lipinski definition) is 0. The largest absolute Gasteiger partial charge is 0.364 e. The van der Waals surface area contributed by atoms with Gasteiger partial charge in [0.25, 0.3) is 0 Å². The van der Waals surface area contributed by atoms with Crippen molar-refractivity contribution in [1.82, 2.24) is 4.90 Å². The lowest BCUT2D eigenvalue weighted by Crippen LogP contribution is -2.33. The van der Waals surface area contributed by atoms with Crippen LogP contribution in [-0.4, -0.2) is 38.0 Å². The topological polar surface area (TPSA) is 38.8 Å². The maximum atomic E-state index is 11.1. The highest BCUT2D eigenvalue weighted by atomic mass is 16.5. The van der Waals surface area contributed by atoms with Gasteiger partial charge in [0.1, 0.15) is 13.5 Å². The van der Waals surface area contributed by atoms with Gasteiger partial charge in [-0.3, -0.25) is 9.69 Å². The SMILES string of the molecule is C=CC(=O)N(COC)COCC. The summed E-state index contributed by atoms with van der Waals surface area (Å²) in [6.07, 6.45) is 1.23. The highest BCUT2D eigenvalue weighted by Crippen LogP contribution is 1.91. The quantitative estimate of drug-likeness (QED) is 0.436. The van der Waals surface area contributed by atoms with Gasteiger partial charge in [0, 0.05) is 13.7 Å². The standard InChI is InChI=1S/C8H15NO3/c1-4-8(10)9(6-11-3)7-12-5-2/h4H,1,5-7H2,2-3H3. The molecule has 12 heavy (non-hydrogen) atoms. The number of carbonyl (C=O) groups excluding carboxylic acids is 1. The van der Waals surface area contributed by atoms with Gasteiger partial charge in [0.2, 0.25) is 5.91 Å². The van der Waals surface area contributed by atoms with Crippen LogP contribution in [0.25, 0.3) is 0 Å². The van der Waals surface area contributed by atoms with Crippen molar-refractivity contribution in [2.45, 2.75) is 6.92 Å². The van der Waals surface area contributed by atoms with Crippen molar-refractivity contribution in [2.75, 3.05) is 27.2 Å². The Bertz CT molecular complexity index is 147. The van der Waals surface area contributed by atoms with Gasteiger partial charge in [-0.25, -0.2) is 0 Å². The number of rotatable bonds is 6. The molecule has 4 heteroatoms.